The van der Waals surface area contributed by atoms with Gasteiger partial charge in [0.1, 0.15) is 11.9 Å². The van der Waals surface area contributed by atoms with E-state index in [0.717, 1.165) is 18.4 Å². The summed E-state index contributed by atoms with van der Waals surface area (Å²) in [4.78, 5) is 23.1. The number of halogens is 1. The van der Waals surface area contributed by atoms with Gasteiger partial charge in [0.25, 0.3) is 0 Å². The molecule has 0 aromatic carbocycles. The molecule has 0 heterocycles. The van der Waals surface area contributed by atoms with Crippen LogP contribution in [0.1, 0.15) is 33.6 Å². The number of ether oxygens (including phenoxy) is 2. The Labute approximate surface area is 178 Å². The van der Waals surface area contributed by atoms with E-state index in [1.807, 2.05) is 20.8 Å². The van der Waals surface area contributed by atoms with Crippen molar-refractivity contribution >= 4 is 11.8 Å². The molecule has 172 valence electrons. The standard InChI is InChI=1S/C19H30FN3O5.C2H6/c1-12(14-3-4-14)11-15(20)17(16(22)18(24)13(2)19(25)26)23-6-8-28-10-9-27-7-5-21;1-2/h11,14,16,23H,2-10,21-22H2,1H3,(H,25,26);1-2H3/b12-11-,17-15-;. The fourth-order valence-corrected chi connectivity index (χ4v) is 2.36. The third kappa shape index (κ3) is 10.6. The predicted molar refractivity (Wildman–Crippen MR) is 114 cm³/mol. The molecule has 0 aliphatic heterocycles. The van der Waals surface area contributed by atoms with Crippen LogP contribution in [0.15, 0.2) is 35.3 Å². The van der Waals surface area contributed by atoms with Crippen LogP contribution in [-0.2, 0) is 19.1 Å². The van der Waals surface area contributed by atoms with E-state index < -0.39 is 29.2 Å². The molecule has 0 bridgehead atoms. The highest BCUT2D eigenvalue weighted by Crippen LogP contribution is 2.36. The molecule has 9 heteroatoms. The molecule has 1 atom stereocenters. The maximum atomic E-state index is 14.8. The smallest absolute Gasteiger partial charge is 0.338 e. The van der Waals surface area contributed by atoms with Crippen LogP contribution in [0.5, 0.6) is 0 Å². The Hall–Kier alpha value is -2.07. The van der Waals surface area contributed by atoms with Gasteiger partial charge in [-0.3, -0.25) is 4.79 Å². The van der Waals surface area contributed by atoms with Gasteiger partial charge >= 0.3 is 5.97 Å². The first-order valence-electron chi connectivity index (χ1n) is 10.2. The van der Waals surface area contributed by atoms with Crippen LogP contribution in [0, 0.1) is 5.92 Å². The van der Waals surface area contributed by atoms with E-state index in [0.29, 0.717) is 32.3 Å². The van der Waals surface area contributed by atoms with Crippen molar-refractivity contribution in [2.45, 2.75) is 39.7 Å². The first-order valence-corrected chi connectivity index (χ1v) is 10.2. The van der Waals surface area contributed by atoms with E-state index in [-0.39, 0.29) is 18.8 Å². The highest BCUT2D eigenvalue weighted by Gasteiger charge is 2.28. The number of hydrogen-bond acceptors (Lipinski definition) is 7. The highest BCUT2D eigenvalue weighted by molar-refractivity contribution is 6.18. The summed E-state index contributed by atoms with van der Waals surface area (Å²) < 4.78 is 25.3. The van der Waals surface area contributed by atoms with Gasteiger partial charge in [0.15, 0.2) is 5.78 Å². The Morgan fingerprint density at radius 3 is 2.30 bits per heavy atom. The number of nitrogens with two attached hydrogens (primary N) is 2. The van der Waals surface area contributed by atoms with E-state index in [1.54, 1.807) is 0 Å². The largest absolute Gasteiger partial charge is 0.478 e. The molecule has 0 radical (unpaired) electrons. The topological polar surface area (TPSA) is 137 Å². The normalized spacial score (nSPS) is 15.5. The van der Waals surface area contributed by atoms with Crippen LogP contribution in [-0.4, -0.2) is 62.4 Å². The Morgan fingerprint density at radius 2 is 1.80 bits per heavy atom. The lowest BCUT2D eigenvalue weighted by molar-refractivity contribution is -0.134. The first kappa shape index (κ1) is 27.9. The zero-order valence-electron chi connectivity index (χ0n) is 18.2. The van der Waals surface area contributed by atoms with Crippen LogP contribution >= 0.6 is 0 Å². The van der Waals surface area contributed by atoms with Gasteiger partial charge in [-0.2, -0.15) is 0 Å². The van der Waals surface area contributed by atoms with E-state index in [4.69, 9.17) is 26.0 Å². The number of carbonyl (C=O) groups excluding carboxylic acids is 1. The Kier molecular flexibility index (Phi) is 14.6. The van der Waals surface area contributed by atoms with Crippen LogP contribution < -0.4 is 16.8 Å². The number of allylic oxidation sites excluding steroid dienone is 3. The lowest BCUT2D eigenvalue weighted by atomic mass is 10.0. The van der Waals surface area contributed by atoms with Gasteiger partial charge in [0.2, 0.25) is 0 Å². The van der Waals surface area contributed by atoms with Crippen molar-refractivity contribution in [3.8, 4) is 0 Å². The Bertz CT molecular complexity index is 630. The second-order valence-corrected chi connectivity index (χ2v) is 6.49. The lowest BCUT2D eigenvalue weighted by Crippen LogP contribution is -2.41. The molecule has 6 N–H and O–H groups in total. The average molecular weight is 430 g/mol. The van der Waals surface area contributed by atoms with Crippen molar-refractivity contribution in [2.75, 3.05) is 39.5 Å². The number of carboxylic acids is 1. The number of nitrogens with one attached hydrogen (secondary N) is 1. The van der Waals surface area contributed by atoms with E-state index in [9.17, 15) is 14.0 Å². The van der Waals surface area contributed by atoms with Crippen molar-refractivity contribution in [1.82, 2.24) is 5.32 Å². The van der Waals surface area contributed by atoms with Gasteiger partial charge in [-0.15, -0.1) is 0 Å². The summed E-state index contributed by atoms with van der Waals surface area (Å²) in [5, 5.41) is 11.7. The zero-order valence-corrected chi connectivity index (χ0v) is 18.2. The summed E-state index contributed by atoms with van der Waals surface area (Å²) in [5.41, 5.74) is 11.1. The van der Waals surface area contributed by atoms with Crippen molar-refractivity contribution in [1.29, 1.82) is 0 Å². The molecule has 0 spiro atoms. The molecule has 0 saturated heterocycles. The quantitative estimate of drug-likeness (QED) is 0.101. The average Bonchev–Trinajstić information content (AvgIpc) is 3.58. The van der Waals surface area contributed by atoms with Gasteiger partial charge in [0.05, 0.1) is 37.7 Å². The van der Waals surface area contributed by atoms with Crippen molar-refractivity contribution < 1.29 is 28.6 Å². The SMILES string of the molecule is C=C(C(=O)O)C(=O)C(N)/C(NCCOCCOCCN)=C(F)\C=C(\C)C1CC1.CC. The zero-order chi connectivity index (χ0) is 23.1. The summed E-state index contributed by atoms with van der Waals surface area (Å²) in [5.74, 6) is -2.82. The molecule has 1 saturated carbocycles. The number of carbonyl (C=O) groups is 2. The van der Waals surface area contributed by atoms with Gasteiger partial charge in [-0.05, 0) is 31.8 Å². The molecular formula is C21H36FN3O5. The molecule has 1 aliphatic rings. The number of hydrogen-bond donors (Lipinski definition) is 4. The summed E-state index contributed by atoms with van der Waals surface area (Å²) in [6, 6.07) is -1.50. The maximum absolute atomic E-state index is 14.8. The molecule has 1 rings (SSSR count). The second kappa shape index (κ2) is 15.7. The molecular weight excluding hydrogens is 393 g/mol. The van der Waals surface area contributed by atoms with Crippen molar-refractivity contribution in [3.05, 3.63) is 35.3 Å². The molecule has 1 fully saturated rings. The fourth-order valence-electron chi connectivity index (χ4n) is 2.36. The minimum atomic E-state index is -1.50. The van der Waals surface area contributed by atoms with Crippen LogP contribution in [0.4, 0.5) is 4.39 Å². The summed E-state index contributed by atoms with van der Waals surface area (Å²) in [7, 11) is 0. The van der Waals surface area contributed by atoms with E-state index >= 15 is 0 Å². The molecule has 1 aliphatic carbocycles. The number of rotatable bonds is 15. The maximum Gasteiger partial charge on any atom is 0.338 e. The minimum absolute atomic E-state index is 0.177. The van der Waals surface area contributed by atoms with E-state index in [1.165, 1.54) is 6.08 Å². The van der Waals surface area contributed by atoms with Gasteiger partial charge < -0.3 is 31.4 Å². The molecule has 0 aromatic rings. The van der Waals surface area contributed by atoms with Crippen LogP contribution in [0.3, 0.4) is 0 Å². The fraction of sp³-hybridized carbons (Fsp3) is 0.619. The van der Waals surface area contributed by atoms with Gasteiger partial charge in [-0.1, -0.05) is 26.0 Å². The molecule has 8 nitrogen and oxygen atoms in total. The predicted octanol–water partition coefficient (Wildman–Crippen LogP) is 1.67. The van der Waals surface area contributed by atoms with Crippen LogP contribution in [0.25, 0.3) is 0 Å². The summed E-state index contributed by atoms with van der Waals surface area (Å²) >= 11 is 0. The third-order valence-electron chi connectivity index (χ3n) is 4.18. The molecule has 30 heavy (non-hydrogen) atoms. The van der Waals surface area contributed by atoms with E-state index in [2.05, 4.69) is 11.9 Å². The third-order valence-corrected chi connectivity index (χ3v) is 4.18. The van der Waals surface area contributed by atoms with Gasteiger partial charge in [-0.25, -0.2) is 9.18 Å². The lowest BCUT2D eigenvalue weighted by Gasteiger charge is -2.18. The number of aliphatic carboxylic acids is 1. The summed E-state index contributed by atoms with van der Waals surface area (Å²) in [6.45, 7) is 11.0. The first-order chi connectivity index (χ1) is 14.3. The monoisotopic (exact) mass is 429 g/mol. The highest BCUT2D eigenvalue weighted by atomic mass is 19.1. The molecule has 1 unspecified atom stereocenters. The molecule has 0 amide bonds. The van der Waals surface area contributed by atoms with Crippen molar-refractivity contribution in [3.63, 3.8) is 0 Å². The van der Waals surface area contributed by atoms with Crippen LogP contribution in [0.2, 0.25) is 0 Å². The van der Waals surface area contributed by atoms with Gasteiger partial charge in [0, 0.05) is 13.1 Å². The Morgan fingerprint density at radius 1 is 1.23 bits per heavy atom. The van der Waals surface area contributed by atoms with Crippen molar-refractivity contribution in [2.24, 2.45) is 17.4 Å². The molecule has 0 aromatic heterocycles. The number of carboxylic acid groups (broad SMARTS) is 1. The summed E-state index contributed by atoms with van der Waals surface area (Å²) in [6.07, 6.45) is 3.33. The Balaban J connectivity index is 0.00000407. The number of ketones is 1. The number of Topliss-reactive ketones (excluding diaryl/α,β-unsaturated/α-hetero) is 1. The second-order valence-electron chi connectivity index (χ2n) is 6.49. The minimum Gasteiger partial charge on any atom is -0.478 e.